The molecule has 3 rings (SSSR count). The highest BCUT2D eigenvalue weighted by Gasteiger charge is 2.27. The number of aliphatic imine (C=N–C) groups is 1. The summed E-state index contributed by atoms with van der Waals surface area (Å²) in [6, 6.07) is 2.26. The average Bonchev–Trinajstić information content (AvgIpc) is 3.35. The Labute approximate surface area is 154 Å². The van der Waals surface area contributed by atoms with Gasteiger partial charge in [0.2, 0.25) is 0 Å². The number of likely N-dealkylation sites (tertiary alicyclic amines) is 1. The van der Waals surface area contributed by atoms with Crippen molar-refractivity contribution in [2.45, 2.75) is 82.3 Å². The van der Waals surface area contributed by atoms with E-state index in [4.69, 9.17) is 0 Å². The van der Waals surface area contributed by atoms with Crippen LogP contribution in [0.4, 0.5) is 0 Å². The van der Waals surface area contributed by atoms with E-state index in [-0.39, 0.29) is 0 Å². The van der Waals surface area contributed by atoms with Crippen molar-refractivity contribution in [1.82, 2.24) is 20.4 Å². The van der Waals surface area contributed by atoms with Gasteiger partial charge in [-0.3, -0.25) is 4.99 Å². The van der Waals surface area contributed by atoms with Gasteiger partial charge in [-0.1, -0.05) is 25.7 Å². The van der Waals surface area contributed by atoms with Gasteiger partial charge in [0.25, 0.3) is 0 Å². The zero-order valence-corrected chi connectivity index (χ0v) is 16.5. The van der Waals surface area contributed by atoms with Gasteiger partial charge in [0.1, 0.15) is 0 Å². The second kappa shape index (κ2) is 9.77. The molecule has 2 aliphatic carbocycles. The van der Waals surface area contributed by atoms with E-state index in [0.717, 1.165) is 31.1 Å². The second-order valence-electron chi connectivity index (χ2n) is 8.31. The molecule has 25 heavy (non-hydrogen) atoms. The van der Waals surface area contributed by atoms with Gasteiger partial charge >= 0.3 is 0 Å². The Morgan fingerprint density at radius 1 is 1.00 bits per heavy atom. The maximum absolute atomic E-state index is 4.44. The summed E-state index contributed by atoms with van der Waals surface area (Å²) in [6.07, 6.45) is 13.8. The zero-order chi connectivity index (χ0) is 17.5. The first kappa shape index (κ1) is 19.0. The highest BCUT2D eigenvalue weighted by Crippen LogP contribution is 2.26. The predicted molar refractivity (Wildman–Crippen MR) is 106 cm³/mol. The fourth-order valence-electron chi connectivity index (χ4n) is 4.94. The van der Waals surface area contributed by atoms with Crippen LogP contribution in [0, 0.1) is 0 Å². The molecular formula is C20H39N5. The Morgan fingerprint density at radius 3 is 2.28 bits per heavy atom. The van der Waals surface area contributed by atoms with Gasteiger partial charge in [0.05, 0.1) is 0 Å². The Hall–Kier alpha value is -0.810. The summed E-state index contributed by atoms with van der Waals surface area (Å²) >= 11 is 0. The van der Waals surface area contributed by atoms with Gasteiger partial charge in [-0.15, -0.1) is 0 Å². The van der Waals surface area contributed by atoms with Gasteiger partial charge in [0, 0.05) is 51.4 Å². The predicted octanol–water partition coefficient (Wildman–Crippen LogP) is 2.43. The van der Waals surface area contributed by atoms with Crippen molar-refractivity contribution < 1.29 is 0 Å². The molecule has 0 aromatic carbocycles. The molecule has 3 fully saturated rings. The van der Waals surface area contributed by atoms with E-state index < -0.39 is 0 Å². The normalized spacial score (nSPS) is 25.2. The zero-order valence-electron chi connectivity index (χ0n) is 16.5. The molecule has 1 heterocycles. The minimum Gasteiger partial charge on any atom is -0.355 e. The summed E-state index contributed by atoms with van der Waals surface area (Å²) in [7, 11) is 4.16. The third-order valence-electron chi connectivity index (χ3n) is 6.64. The second-order valence-corrected chi connectivity index (χ2v) is 8.31. The molecule has 5 nitrogen and oxygen atoms in total. The third kappa shape index (κ3) is 5.58. The smallest absolute Gasteiger partial charge is 0.191 e. The van der Waals surface area contributed by atoms with E-state index in [1.165, 1.54) is 77.3 Å². The van der Waals surface area contributed by atoms with Crippen molar-refractivity contribution in [1.29, 1.82) is 0 Å². The van der Waals surface area contributed by atoms with Crippen molar-refractivity contribution in [3.63, 3.8) is 0 Å². The largest absolute Gasteiger partial charge is 0.355 e. The fraction of sp³-hybridized carbons (Fsp3) is 0.950. The molecule has 2 saturated carbocycles. The van der Waals surface area contributed by atoms with Crippen molar-refractivity contribution in [2.24, 2.45) is 4.99 Å². The summed E-state index contributed by atoms with van der Waals surface area (Å²) in [5.74, 6) is 0.985. The highest BCUT2D eigenvalue weighted by molar-refractivity contribution is 5.79. The van der Waals surface area contributed by atoms with E-state index in [0.29, 0.717) is 6.04 Å². The van der Waals surface area contributed by atoms with Crippen LogP contribution in [0.2, 0.25) is 0 Å². The first-order chi connectivity index (χ1) is 12.3. The van der Waals surface area contributed by atoms with Crippen LogP contribution in [-0.2, 0) is 0 Å². The molecule has 0 amide bonds. The van der Waals surface area contributed by atoms with Crippen LogP contribution < -0.4 is 10.6 Å². The fourth-order valence-corrected chi connectivity index (χ4v) is 4.94. The van der Waals surface area contributed by atoms with Crippen molar-refractivity contribution in [3.05, 3.63) is 0 Å². The molecular weight excluding hydrogens is 310 g/mol. The molecule has 1 saturated heterocycles. The molecule has 3 aliphatic rings. The molecule has 0 aromatic rings. The molecule has 0 bridgehead atoms. The van der Waals surface area contributed by atoms with Gasteiger partial charge < -0.3 is 20.4 Å². The van der Waals surface area contributed by atoms with Crippen LogP contribution in [-0.4, -0.2) is 74.2 Å². The van der Waals surface area contributed by atoms with Crippen LogP contribution >= 0.6 is 0 Å². The van der Waals surface area contributed by atoms with Crippen molar-refractivity contribution in [2.75, 3.05) is 40.3 Å². The number of nitrogens with one attached hydrogen (secondary N) is 2. The molecule has 144 valence electrons. The molecule has 1 aliphatic heterocycles. The van der Waals surface area contributed by atoms with Crippen LogP contribution in [0.15, 0.2) is 4.99 Å². The molecule has 0 aromatic heterocycles. The SMILES string of the molecule is CN=C(NCCN(C)C1CCCC1)NC1CCN(C2CCCC2)CC1. The van der Waals surface area contributed by atoms with Crippen LogP contribution in [0.5, 0.6) is 0 Å². The quantitative estimate of drug-likeness (QED) is 0.571. The molecule has 5 heteroatoms. The average molecular weight is 350 g/mol. The molecule has 0 atom stereocenters. The number of nitrogens with zero attached hydrogens (tertiary/aromatic N) is 3. The van der Waals surface area contributed by atoms with E-state index in [1.807, 2.05) is 7.05 Å². The summed E-state index contributed by atoms with van der Waals surface area (Å²) in [5, 5.41) is 7.17. The summed E-state index contributed by atoms with van der Waals surface area (Å²) < 4.78 is 0. The molecule has 0 spiro atoms. The lowest BCUT2D eigenvalue weighted by Crippen LogP contribution is -2.51. The standard InChI is InChI=1S/C20H39N5/c1-21-20(22-13-16-24(2)18-7-3-4-8-18)23-17-11-14-25(15-12-17)19-9-5-6-10-19/h17-19H,3-16H2,1-2H3,(H2,21,22,23). The number of rotatable bonds is 6. The Morgan fingerprint density at radius 2 is 1.64 bits per heavy atom. The van der Waals surface area contributed by atoms with Gasteiger partial charge in [-0.25, -0.2) is 0 Å². The van der Waals surface area contributed by atoms with Gasteiger partial charge in [0.15, 0.2) is 5.96 Å². The summed E-state index contributed by atoms with van der Waals surface area (Å²) in [5.41, 5.74) is 0. The summed E-state index contributed by atoms with van der Waals surface area (Å²) in [4.78, 5) is 9.69. The van der Waals surface area contributed by atoms with Crippen LogP contribution in [0.3, 0.4) is 0 Å². The lowest BCUT2D eigenvalue weighted by atomic mass is 10.0. The number of guanidine groups is 1. The van der Waals surface area contributed by atoms with E-state index >= 15 is 0 Å². The van der Waals surface area contributed by atoms with Crippen molar-refractivity contribution in [3.8, 4) is 0 Å². The number of hydrogen-bond donors (Lipinski definition) is 2. The van der Waals surface area contributed by atoms with Crippen LogP contribution in [0.25, 0.3) is 0 Å². The number of hydrogen-bond acceptors (Lipinski definition) is 3. The van der Waals surface area contributed by atoms with Gasteiger partial charge in [-0.2, -0.15) is 0 Å². The Balaban J connectivity index is 1.32. The highest BCUT2D eigenvalue weighted by atomic mass is 15.2. The Bertz CT molecular complexity index is 404. The van der Waals surface area contributed by atoms with Crippen molar-refractivity contribution >= 4 is 5.96 Å². The molecule has 2 N–H and O–H groups in total. The van der Waals surface area contributed by atoms with Crippen LogP contribution in [0.1, 0.15) is 64.2 Å². The lowest BCUT2D eigenvalue weighted by Gasteiger charge is -2.36. The maximum Gasteiger partial charge on any atom is 0.191 e. The van der Waals surface area contributed by atoms with E-state index in [1.54, 1.807) is 0 Å². The topological polar surface area (TPSA) is 42.9 Å². The first-order valence-electron chi connectivity index (χ1n) is 10.7. The minimum atomic E-state index is 0.580. The van der Waals surface area contributed by atoms with Gasteiger partial charge in [-0.05, 0) is 45.6 Å². The first-order valence-corrected chi connectivity index (χ1v) is 10.7. The molecule has 0 radical (unpaired) electrons. The maximum atomic E-state index is 4.44. The summed E-state index contributed by atoms with van der Waals surface area (Å²) in [6.45, 7) is 4.59. The third-order valence-corrected chi connectivity index (χ3v) is 6.64. The monoisotopic (exact) mass is 349 g/mol. The number of likely N-dealkylation sites (N-methyl/N-ethyl adjacent to an activating group) is 1. The lowest BCUT2D eigenvalue weighted by molar-refractivity contribution is 0.150. The Kier molecular flexibility index (Phi) is 7.41. The van der Waals surface area contributed by atoms with E-state index in [2.05, 4.69) is 32.5 Å². The number of piperidine rings is 1. The minimum absolute atomic E-state index is 0.580. The van der Waals surface area contributed by atoms with E-state index in [9.17, 15) is 0 Å². The molecule has 0 unspecified atom stereocenters.